The van der Waals surface area contributed by atoms with Crippen molar-refractivity contribution in [3.8, 4) is 0 Å². The first-order valence-corrected chi connectivity index (χ1v) is 6.14. The normalized spacial score (nSPS) is 39.4. The van der Waals surface area contributed by atoms with Crippen LogP contribution in [0, 0.1) is 17.3 Å². The van der Waals surface area contributed by atoms with E-state index in [1.807, 2.05) is 6.92 Å². The van der Waals surface area contributed by atoms with Gasteiger partial charge in [-0.1, -0.05) is 19.1 Å². The number of ketones is 2. The maximum atomic E-state index is 12.2. The van der Waals surface area contributed by atoms with E-state index in [2.05, 4.69) is 13.5 Å². The van der Waals surface area contributed by atoms with E-state index in [0.29, 0.717) is 36.7 Å². The van der Waals surface area contributed by atoms with Crippen LogP contribution in [0.5, 0.6) is 0 Å². The van der Waals surface area contributed by atoms with Crippen LogP contribution in [0.25, 0.3) is 0 Å². The second-order valence-electron chi connectivity index (χ2n) is 5.76. The first-order chi connectivity index (χ1) is 7.43. The molecule has 2 aliphatic rings. The highest BCUT2D eigenvalue weighted by Gasteiger charge is 2.48. The summed E-state index contributed by atoms with van der Waals surface area (Å²) < 4.78 is 0. The summed E-state index contributed by atoms with van der Waals surface area (Å²) in [6, 6.07) is 0. The van der Waals surface area contributed by atoms with E-state index in [1.165, 1.54) is 0 Å². The van der Waals surface area contributed by atoms with E-state index in [4.69, 9.17) is 0 Å². The van der Waals surface area contributed by atoms with Crippen molar-refractivity contribution in [2.24, 2.45) is 17.3 Å². The summed E-state index contributed by atoms with van der Waals surface area (Å²) in [5.41, 5.74) is 0.869. The van der Waals surface area contributed by atoms with Gasteiger partial charge in [-0.05, 0) is 31.6 Å². The summed E-state index contributed by atoms with van der Waals surface area (Å²) in [6.07, 6.45) is 3.57. The summed E-state index contributed by atoms with van der Waals surface area (Å²) in [7, 11) is 0. The predicted molar refractivity (Wildman–Crippen MR) is 63.0 cm³/mol. The Bertz CT molecular complexity index is 356. The molecule has 2 fully saturated rings. The van der Waals surface area contributed by atoms with E-state index in [1.54, 1.807) is 0 Å². The zero-order chi connectivity index (χ0) is 11.9. The Morgan fingerprint density at radius 2 is 2.06 bits per heavy atom. The van der Waals surface area contributed by atoms with Gasteiger partial charge in [-0.3, -0.25) is 9.59 Å². The van der Waals surface area contributed by atoms with Crippen molar-refractivity contribution in [1.82, 2.24) is 0 Å². The Morgan fingerprint density at radius 1 is 1.38 bits per heavy atom. The SMILES string of the molecule is C=C(C)[C@H]1CC(=O)[C@]2(C)CCC(=O)C[C@@H]2C1. The molecule has 2 rings (SSSR count). The molecule has 0 amide bonds. The lowest BCUT2D eigenvalue weighted by atomic mass is 9.57. The number of rotatable bonds is 1. The Balaban J connectivity index is 2.23. The zero-order valence-electron chi connectivity index (χ0n) is 10.2. The van der Waals surface area contributed by atoms with Gasteiger partial charge in [0.15, 0.2) is 0 Å². The lowest BCUT2D eigenvalue weighted by molar-refractivity contribution is -0.142. The Hall–Kier alpha value is -0.920. The third-order valence-corrected chi connectivity index (χ3v) is 4.63. The fourth-order valence-corrected chi connectivity index (χ4v) is 3.18. The molecule has 2 heteroatoms. The van der Waals surface area contributed by atoms with Crippen LogP contribution >= 0.6 is 0 Å². The molecule has 0 aliphatic heterocycles. The number of carbonyl (C=O) groups is 2. The maximum absolute atomic E-state index is 12.2. The van der Waals surface area contributed by atoms with Gasteiger partial charge in [0.1, 0.15) is 11.6 Å². The van der Waals surface area contributed by atoms with Crippen molar-refractivity contribution in [2.75, 3.05) is 0 Å². The van der Waals surface area contributed by atoms with Crippen LogP contribution < -0.4 is 0 Å². The van der Waals surface area contributed by atoms with Gasteiger partial charge >= 0.3 is 0 Å². The molecular weight excluding hydrogens is 200 g/mol. The highest BCUT2D eigenvalue weighted by Crippen LogP contribution is 2.49. The van der Waals surface area contributed by atoms with E-state index >= 15 is 0 Å². The Morgan fingerprint density at radius 3 is 2.69 bits per heavy atom. The second kappa shape index (κ2) is 3.83. The van der Waals surface area contributed by atoms with Crippen molar-refractivity contribution in [3.63, 3.8) is 0 Å². The van der Waals surface area contributed by atoms with Gasteiger partial charge < -0.3 is 0 Å². The summed E-state index contributed by atoms with van der Waals surface area (Å²) in [5.74, 6) is 1.25. The van der Waals surface area contributed by atoms with Crippen LogP contribution in [0.3, 0.4) is 0 Å². The lowest BCUT2D eigenvalue weighted by Crippen LogP contribution is -2.46. The fraction of sp³-hybridized carbons (Fsp3) is 0.714. The average Bonchev–Trinajstić information content (AvgIpc) is 2.21. The molecule has 0 heterocycles. The molecule has 2 saturated carbocycles. The molecule has 2 aliphatic carbocycles. The lowest BCUT2D eigenvalue weighted by Gasteiger charge is -2.45. The summed E-state index contributed by atoms with van der Waals surface area (Å²) >= 11 is 0. The fourth-order valence-electron chi connectivity index (χ4n) is 3.18. The van der Waals surface area contributed by atoms with Crippen LogP contribution in [-0.4, -0.2) is 11.6 Å². The van der Waals surface area contributed by atoms with Crippen molar-refractivity contribution < 1.29 is 9.59 Å². The molecule has 88 valence electrons. The molecule has 0 N–H and O–H groups in total. The van der Waals surface area contributed by atoms with Crippen LogP contribution in [0.2, 0.25) is 0 Å². The van der Waals surface area contributed by atoms with E-state index in [9.17, 15) is 9.59 Å². The number of hydrogen-bond acceptors (Lipinski definition) is 2. The standard InChI is InChI=1S/C14H20O2/c1-9(2)10-6-11-8-12(15)4-5-14(11,3)13(16)7-10/h10-11H,1,4-8H2,2-3H3/t10-,11+,14-/m1/s1. The van der Waals surface area contributed by atoms with Crippen LogP contribution in [0.15, 0.2) is 12.2 Å². The van der Waals surface area contributed by atoms with Crippen molar-refractivity contribution in [1.29, 1.82) is 0 Å². The van der Waals surface area contributed by atoms with Crippen LogP contribution in [0.1, 0.15) is 46.0 Å². The zero-order valence-corrected chi connectivity index (χ0v) is 10.2. The first kappa shape index (κ1) is 11.6. The van der Waals surface area contributed by atoms with Crippen molar-refractivity contribution >= 4 is 11.6 Å². The number of hydrogen-bond donors (Lipinski definition) is 0. The molecule has 0 aromatic heterocycles. The molecule has 0 radical (unpaired) electrons. The highest BCUT2D eigenvalue weighted by atomic mass is 16.1. The minimum absolute atomic E-state index is 0.222. The minimum atomic E-state index is -0.222. The number of carbonyl (C=O) groups excluding carboxylic acids is 2. The van der Waals surface area contributed by atoms with Gasteiger partial charge in [0.05, 0.1) is 0 Å². The van der Waals surface area contributed by atoms with Crippen molar-refractivity contribution in [3.05, 3.63) is 12.2 Å². The summed E-state index contributed by atoms with van der Waals surface area (Å²) in [4.78, 5) is 23.7. The quantitative estimate of drug-likeness (QED) is 0.637. The molecular formula is C14H20O2. The van der Waals surface area contributed by atoms with Crippen LogP contribution in [-0.2, 0) is 9.59 Å². The molecule has 0 saturated heterocycles. The maximum Gasteiger partial charge on any atom is 0.139 e. The van der Waals surface area contributed by atoms with Gasteiger partial charge in [0.25, 0.3) is 0 Å². The molecule has 2 nitrogen and oxygen atoms in total. The average molecular weight is 220 g/mol. The molecule has 0 bridgehead atoms. The molecule has 0 aromatic carbocycles. The van der Waals surface area contributed by atoms with E-state index < -0.39 is 0 Å². The van der Waals surface area contributed by atoms with Gasteiger partial charge in [-0.2, -0.15) is 0 Å². The summed E-state index contributed by atoms with van der Waals surface area (Å²) in [6.45, 7) is 8.00. The second-order valence-corrected chi connectivity index (χ2v) is 5.76. The van der Waals surface area contributed by atoms with E-state index in [-0.39, 0.29) is 11.3 Å². The highest BCUT2D eigenvalue weighted by molar-refractivity contribution is 5.90. The monoisotopic (exact) mass is 220 g/mol. The number of Topliss-reactive ketones (excluding diaryl/α,β-unsaturated/α-hetero) is 2. The predicted octanol–water partition coefficient (Wildman–Crippen LogP) is 2.92. The largest absolute Gasteiger partial charge is 0.300 e. The topological polar surface area (TPSA) is 34.1 Å². The number of fused-ring (bicyclic) bond motifs is 1. The number of allylic oxidation sites excluding steroid dienone is 1. The first-order valence-electron chi connectivity index (χ1n) is 6.14. The van der Waals surface area contributed by atoms with Gasteiger partial charge in [-0.15, -0.1) is 0 Å². The molecule has 3 atom stereocenters. The Labute approximate surface area is 97.1 Å². The molecule has 16 heavy (non-hydrogen) atoms. The Kier molecular flexibility index (Phi) is 2.77. The van der Waals surface area contributed by atoms with Gasteiger partial charge in [0.2, 0.25) is 0 Å². The smallest absolute Gasteiger partial charge is 0.139 e. The molecule has 0 aromatic rings. The third-order valence-electron chi connectivity index (χ3n) is 4.63. The van der Waals surface area contributed by atoms with Gasteiger partial charge in [-0.25, -0.2) is 0 Å². The molecule has 0 unspecified atom stereocenters. The van der Waals surface area contributed by atoms with E-state index in [0.717, 1.165) is 18.4 Å². The third kappa shape index (κ3) is 1.74. The molecule has 0 spiro atoms. The van der Waals surface area contributed by atoms with Crippen LogP contribution in [0.4, 0.5) is 0 Å². The summed E-state index contributed by atoms with van der Waals surface area (Å²) in [5, 5.41) is 0. The van der Waals surface area contributed by atoms with Crippen molar-refractivity contribution in [2.45, 2.75) is 46.0 Å². The van der Waals surface area contributed by atoms with Gasteiger partial charge in [0, 0.05) is 24.7 Å². The minimum Gasteiger partial charge on any atom is -0.300 e.